The molecular weight excluding hydrogens is 241 g/mol. The number of pyridine rings is 1. The van der Waals surface area contributed by atoms with Gasteiger partial charge in [0.2, 0.25) is 0 Å². The molecular formula is C13H13Cl2N. The van der Waals surface area contributed by atoms with E-state index in [-0.39, 0.29) is 0 Å². The van der Waals surface area contributed by atoms with Gasteiger partial charge in [-0.1, -0.05) is 36.5 Å². The number of aromatic nitrogens is 1. The van der Waals surface area contributed by atoms with E-state index in [2.05, 4.69) is 11.9 Å². The molecule has 0 bridgehead atoms. The molecule has 0 saturated carbocycles. The number of aryl methyl sites for hydroxylation is 2. The van der Waals surface area contributed by atoms with E-state index in [9.17, 15) is 0 Å². The van der Waals surface area contributed by atoms with Crippen LogP contribution >= 0.6 is 23.2 Å². The molecule has 0 fully saturated rings. The number of hydrogen-bond acceptors (Lipinski definition) is 1. The molecule has 0 radical (unpaired) electrons. The van der Waals surface area contributed by atoms with Crippen molar-refractivity contribution in [1.29, 1.82) is 0 Å². The van der Waals surface area contributed by atoms with Crippen LogP contribution in [-0.2, 0) is 6.42 Å². The first-order valence-corrected chi connectivity index (χ1v) is 6.13. The minimum absolute atomic E-state index is 0.740. The predicted molar refractivity (Wildman–Crippen MR) is 70.5 cm³/mol. The van der Waals surface area contributed by atoms with Crippen molar-refractivity contribution in [2.45, 2.75) is 26.7 Å². The summed E-state index contributed by atoms with van der Waals surface area (Å²) in [6, 6.07) is 5.74. The van der Waals surface area contributed by atoms with Crippen molar-refractivity contribution in [1.82, 2.24) is 4.98 Å². The molecule has 0 aliphatic heterocycles. The van der Waals surface area contributed by atoms with Gasteiger partial charge in [0.05, 0.1) is 10.5 Å². The van der Waals surface area contributed by atoms with Crippen LogP contribution in [0.3, 0.4) is 0 Å². The van der Waals surface area contributed by atoms with Crippen LogP contribution < -0.4 is 0 Å². The summed E-state index contributed by atoms with van der Waals surface area (Å²) in [5.41, 5.74) is 2.95. The summed E-state index contributed by atoms with van der Waals surface area (Å²) in [5, 5.41) is 2.47. The van der Waals surface area contributed by atoms with Crippen molar-refractivity contribution in [3.8, 4) is 0 Å². The van der Waals surface area contributed by atoms with Gasteiger partial charge in [0, 0.05) is 16.1 Å². The smallest absolute Gasteiger partial charge is 0.0764 e. The topological polar surface area (TPSA) is 12.9 Å². The second-order valence-corrected chi connectivity index (χ2v) is 4.73. The Morgan fingerprint density at radius 2 is 1.94 bits per heavy atom. The Morgan fingerprint density at radius 1 is 1.19 bits per heavy atom. The zero-order valence-corrected chi connectivity index (χ0v) is 10.9. The maximum atomic E-state index is 6.24. The molecule has 0 spiro atoms. The lowest BCUT2D eigenvalue weighted by Gasteiger charge is -2.08. The summed E-state index contributed by atoms with van der Waals surface area (Å²) in [7, 11) is 0. The summed E-state index contributed by atoms with van der Waals surface area (Å²) < 4.78 is 0. The van der Waals surface area contributed by atoms with E-state index >= 15 is 0 Å². The Labute approximate surface area is 105 Å². The first-order valence-electron chi connectivity index (χ1n) is 5.37. The van der Waals surface area contributed by atoms with Crippen molar-refractivity contribution >= 4 is 34.1 Å². The van der Waals surface area contributed by atoms with E-state index in [1.54, 1.807) is 0 Å². The minimum Gasteiger partial charge on any atom is -0.252 e. The summed E-state index contributed by atoms with van der Waals surface area (Å²) in [5.74, 6) is 0. The first-order chi connectivity index (χ1) is 7.63. The molecule has 0 N–H and O–H groups in total. The van der Waals surface area contributed by atoms with Crippen molar-refractivity contribution in [2.75, 3.05) is 0 Å². The second kappa shape index (κ2) is 4.60. The van der Waals surface area contributed by atoms with E-state index in [1.165, 1.54) is 0 Å². The molecule has 0 aliphatic rings. The highest BCUT2D eigenvalue weighted by molar-refractivity contribution is 6.36. The summed E-state index contributed by atoms with van der Waals surface area (Å²) in [6.45, 7) is 4.11. The van der Waals surface area contributed by atoms with Crippen LogP contribution in [0.1, 0.15) is 24.6 Å². The van der Waals surface area contributed by atoms with Gasteiger partial charge in [-0.15, -0.1) is 0 Å². The minimum atomic E-state index is 0.740. The van der Waals surface area contributed by atoms with Gasteiger partial charge in [0.25, 0.3) is 0 Å². The van der Waals surface area contributed by atoms with Crippen molar-refractivity contribution in [3.05, 3.63) is 39.5 Å². The molecule has 16 heavy (non-hydrogen) atoms. The molecule has 1 nitrogen and oxygen atoms in total. The third kappa shape index (κ3) is 2.02. The fraction of sp³-hybridized carbons (Fsp3) is 0.308. The molecule has 2 aromatic rings. The molecule has 3 heteroatoms. The number of benzene rings is 1. The Kier molecular flexibility index (Phi) is 3.36. The van der Waals surface area contributed by atoms with Crippen molar-refractivity contribution < 1.29 is 0 Å². The molecule has 0 atom stereocenters. The average molecular weight is 254 g/mol. The standard InChI is InChI=1S/C13H13Cl2N/c1-3-4-9-7-12(15)10-5-6-11(14)8(2)13(10)16-9/h5-7H,3-4H2,1-2H3. The van der Waals surface area contributed by atoms with Gasteiger partial charge in [-0.3, -0.25) is 4.98 Å². The molecule has 1 heterocycles. The molecule has 84 valence electrons. The van der Waals surface area contributed by atoms with Crippen LogP contribution in [0, 0.1) is 6.92 Å². The first kappa shape index (κ1) is 11.7. The molecule has 1 aromatic heterocycles. The van der Waals surface area contributed by atoms with E-state index in [4.69, 9.17) is 23.2 Å². The number of fused-ring (bicyclic) bond motifs is 1. The lowest BCUT2D eigenvalue weighted by molar-refractivity contribution is 0.889. The Hall–Kier alpha value is -0.790. The summed E-state index contributed by atoms with van der Waals surface area (Å²) in [4.78, 5) is 4.62. The maximum Gasteiger partial charge on any atom is 0.0764 e. The Bertz CT molecular complexity index is 535. The second-order valence-electron chi connectivity index (χ2n) is 3.91. The fourth-order valence-electron chi connectivity index (χ4n) is 1.80. The van der Waals surface area contributed by atoms with Gasteiger partial charge < -0.3 is 0 Å². The largest absolute Gasteiger partial charge is 0.252 e. The normalized spacial score (nSPS) is 11.0. The van der Waals surface area contributed by atoms with Gasteiger partial charge in [0.15, 0.2) is 0 Å². The SMILES string of the molecule is CCCc1cc(Cl)c2ccc(Cl)c(C)c2n1. The summed E-state index contributed by atoms with van der Waals surface area (Å²) in [6.07, 6.45) is 2.01. The Balaban J connectivity index is 2.73. The highest BCUT2D eigenvalue weighted by Crippen LogP contribution is 2.29. The summed E-state index contributed by atoms with van der Waals surface area (Å²) >= 11 is 12.3. The Morgan fingerprint density at radius 3 is 2.62 bits per heavy atom. The van der Waals surface area contributed by atoms with Crippen LogP contribution in [0.2, 0.25) is 10.0 Å². The molecule has 0 saturated heterocycles. The fourth-order valence-corrected chi connectivity index (χ4v) is 2.23. The van der Waals surface area contributed by atoms with E-state index in [1.807, 2.05) is 25.1 Å². The zero-order valence-electron chi connectivity index (χ0n) is 9.35. The molecule has 1 aromatic carbocycles. The van der Waals surface area contributed by atoms with Crippen LogP contribution in [-0.4, -0.2) is 4.98 Å². The van der Waals surface area contributed by atoms with Crippen LogP contribution in [0.15, 0.2) is 18.2 Å². The number of nitrogens with zero attached hydrogens (tertiary/aromatic N) is 1. The van der Waals surface area contributed by atoms with Crippen LogP contribution in [0.4, 0.5) is 0 Å². The third-order valence-corrected chi connectivity index (χ3v) is 3.40. The number of rotatable bonds is 2. The van der Waals surface area contributed by atoms with Crippen molar-refractivity contribution in [2.24, 2.45) is 0 Å². The molecule has 0 unspecified atom stereocenters. The van der Waals surface area contributed by atoms with Crippen LogP contribution in [0.5, 0.6) is 0 Å². The van der Waals surface area contributed by atoms with E-state index in [0.29, 0.717) is 0 Å². The lowest BCUT2D eigenvalue weighted by Crippen LogP contribution is -1.93. The van der Waals surface area contributed by atoms with E-state index in [0.717, 1.165) is 45.0 Å². The van der Waals surface area contributed by atoms with Gasteiger partial charge in [-0.2, -0.15) is 0 Å². The monoisotopic (exact) mass is 253 g/mol. The van der Waals surface area contributed by atoms with Crippen molar-refractivity contribution in [3.63, 3.8) is 0 Å². The van der Waals surface area contributed by atoms with E-state index < -0.39 is 0 Å². The van der Waals surface area contributed by atoms with Crippen LogP contribution in [0.25, 0.3) is 10.9 Å². The van der Waals surface area contributed by atoms with Gasteiger partial charge >= 0.3 is 0 Å². The molecule has 0 amide bonds. The lowest BCUT2D eigenvalue weighted by atomic mass is 10.1. The molecule has 2 rings (SSSR count). The maximum absolute atomic E-state index is 6.24. The highest BCUT2D eigenvalue weighted by Gasteiger charge is 2.08. The van der Waals surface area contributed by atoms with Gasteiger partial charge in [-0.05, 0) is 37.1 Å². The van der Waals surface area contributed by atoms with Gasteiger partial charge in [0.1, 0.15) is 0 Å². The predicted octanol–water partition coefficient (Wildman–Crippen LogP) is 4.80. The number of halogens is 2. The highest BCUT2D eigenvalue weighted by atomic mass is 35.5. The quantitative estimate of drug-likeness (QED) is 0.749. The third-order valence-electron chi connectivity index (χ3n) is 2.68. The number of hydrogen-bond donors (Lipinski definition) is 0. The zero-order chi connectivity index (χ0) is 11.7. The average Bonchev–Trinajstić information content (AvgIpc) is 2.25. The molecule has 0 aliphatic carbocycles. The van der Waals surface area contributed by atoms with Gasteiger partial charge in [-0.25, -0.2) is 0 Å².